The lowest BCUT2D eigenvalue weighted by molar-refractivity contribution is 0.0624. The van der Waals surface area contributed by atoms with Crippen molar-refractivity contribution in [1.29, 1.82) is 0 Å². The Balaban J connectivity index is 2.18. The molecule has 20 heavy (non-hydrogen) atoms. The highest BCUT2D eigenvalue weighted by molar-refractivity contribution is 8.13. The summed E-state index contributed by atoms with van der Waals surface area (Å²) in [5.74, 6) is -0.318. The molecule has 0 radical (unpaired) electrons. The van der Waals surface area contributed by atoms with Crippen LogP contribution in [0, 0.1) is 6.92 Å². The van der Waals surface area contributed by atoms with E-state index in [1.807, 2.05) is 0 Å². The van der Waals surface area contributed by atoms with Gasteiger partial charge in [-0.2, -0.15) is 0 Å². The number of benzene rings is 1. The average molecular weight is 318 g/mol. The molecule has 1 fully saturated rings. The van der Waals surface area contributed by atoms with Crippen molar-refractivity contribution in [3.8, 4) is 0 Å². The maximum atomic E-state index is 12.1. The number of ether oxygens (including phenoxy) is 1. The zero-order valence-electron chi connectivity index (χ0n) is 11.1. The summed E-state index contributed by atoms with van der Waals surface area (Å²) in [4.78, 5) is 12.1. The van der Waals surface area contributed by atoms with E-state index in [4.69, 9.17) is 15.4 Å². The summed E-state index contributed by atoms with van der Waals surface area (Å²) in [6.45, 7) is 2.83. The highest BCUT2D eigenvalue weighted by Gasteiger charge is 2.20. The first-order valence-corrected chi connectivity index (χ1v) is 8.63. The van der Waals surface area contributed by atoms with Crippen LogP contribution < -0.4 is 5.32 Å². The Morgan fingerprint density at radius 2 is 2.20 bits per heavy atom. The van der Waals surface area contributed by atoms with Crippen LogP contribution in [0.4, 0.5) is 0 Å². The van der Waals surface area contributed by atoms with Gasteiger partial charge in [-0.15, -0.1) is 0 Å². The van der Waals surface area contributed by atoms with E-state index in [1.165, 1.54) is 6.07 Å². The third kappa shape index (κ3) is 3.71. The minimum atomic E-state index is -3.86. The number of carbonyl (C=O) groups is 1. The number of hydrogen-bond acceptors (Lipinski definition) is 4. The van der Waals surface area contributed by atoms with Gasteiger partial charge in [0.2, 0.25) is 0 Å². The van der Waals surface area contributed by atoms with Crippen LogP contribution in [0.5, 0.6) is 0 Å². The molecule has 1 aliphatic rings. The fourth-order valence-corrected chi connectivity index (χ4v) is 3.35. The maximum Gasteiger partial charge on any atom is 0.261 e. The van der Waals surface area contributed by atoms with Gasteiger partial charge in [0, 0.05) is 22.9 Å². The van der Waals surface area contributed by atoms with Gasteiger partial charge >= 0.3 is 0 Å². The first kappa shape index (κ1) is 15.3. The van der Waals surface area contributed by atoms with E-state index in [9.17, 15) is 13.2 Å². The van der Waals surface area contributed by atoms with Gasteiger partial charge in [-0.3, -0.25) is 4.79 Å². The molecule has 7 heteroatoms. The van der Waals surface area contributed by atoms with Gasteiger partial charge in [0.15, 0.2) is 0 Å². The number of hydrogen-bond donors (Lipinski definition) is 1. The van der Waals surface area contributed by atoms with E-state index in [-0.39, 0.29) is 22.4 Å². The third-order valence-electron chi connectivity index (χ3n) is 3.21. The van der Waals surface area contributed by atoms with Gasteiger partial charge in [-0.1, -0.05) is 6.07 Å². The van der Waals surface area contributed by atoms with Crippen molar-refractivity contribution < 1.29 is 17.9 Å². The number of nitrogens with one attached hydrogen (secondary N) is 1. The minimum absolute atomic E-state index is 0.0337. The van der Waals surface area contributed by atoms with Gasteiger partial charge in [0.25, 0.3) is 15.0 Å². The highest BCUT2D eigenvalue weighted by atomic mass is 35.7. The molecule has 1 N–H and O–H groups in total. The number of aryl methyl sites for hydroxylation is 1. The van der Waals surface area contributed by atoms with Crippen molar-refractivity contribution in [3.05, 3.63) is 29.3 Å². The second-order valence-electron chi connectivity index (χ2n) is 4.81. The van der Waals surface area contributed by atoms with Crippen molar-refractivity contribution in [2.75, 3.05) is 13.2 Å². The molecule has 0 aromatic heterocycles. The molecule has 1 heterocycles. The van der Waals surface area contributed by atoms with E-state index in [0.29, 0.717) is 18.8 Å². The fraction of sp³-hybridized carbons (Fsp3) is 0.462. The molecule has 1 unspecified atom stereocenters. The van der Waals surface area contributed by atoms with Gasteiger partial charge in [0.05, 0.1) is 17.5 Å². The van der Waals surface area contributed by atoms with Crippen LogP contribution in [0.1, 0.15) is 28.8 Å². The van der Waals surface area contributed by atoms with Gasteiger partial charge in [0.1, 0.15) is 0 Å². The molecule has 110 valence electrons. The highest BCUT2D eigenvalue weighted by Crippen LogP contribution is 2.21. The van der Waals surface area contributed by atoms with Crippen LogP contribution in [0.15, 0.2) is 23.1 Å². The summed E-state index contributed by atoms with van der Waals surface area (Å²) in [5.41, 5.74) is 0.790. The van der Waals surface area contributed by atoms with E-state index in [2.05, 4.69) is 5.32 Å². The molecule has 1 saturated heterocycles. The Bertz CT molecular complexity index is 609. The SMILES string of the molecule is Cc1ccc(C(=O)NC2CCCOC2)cc1S(=O)(=O)Cl. The zero-order chi connectivity index (χ0) is 14.8. The van der Waals surface area contributed by atoms with Crippen molar-refractivity contribution in [2.45, 2.75) is 30.7 Å². The van der Waals surface area contributed by atoms with Gasteiger partial charge in [-0.05, 0) is 37.5 Å². The van der Waals surface area contributed by atoms with Gasteiger partial charge < -0.3 is 10.1 Å². The third-order valence-corrected chi connectivity index (χ3v) is 4.67. The van der Waals surface area contributed by atoms with Crippen molar-refractivity contribution in [3.63, 3.8) is 0 Å². The van der Waals surface area contributed by atoms with Crippen LogP contribution in [0.3, 0.4) is 0 Å². The first-order chi connectivity index (χ1) is 9.38. The monoisotopic (exact) mass is 317 g/mol. The van der Waals surface area contributed by atoms with Crippen LogP contribution in [-0.2, 0) is 13.8 Å². The molecule has 1 aromatic carbocycles. The summed E-state index contributed by atoms with van der Waals surface area (Å²) in [7, 11) is 1.50. The topological polar surface area (TPSA) is 72.5 Å². The normalized spacial score (nSPS) is 19.6. The van der Waals surface area contributed by atoms with Gasteiger partial charge in [-0.25, -0.2) is 8.42 Å². The number of carbonyl (C=O) groups excluding carboxylic acids is 1. The quantitative estimate of drug-likeness (QED) is 0.863. The Morgan fingerprint density at radius 3 is 2.80 bits per heavy atom. The predicted octanol–water partition coefficient (Wildman–Crippen LogP) is 1.83. The second-order valence-corrected chi connectivity index (χ2v) is 7.34. The second kappa shape index (κ2) is 6.11. The molecule has 0 aliphatic carbocycles. The van der Waals surface area contributed by atoms with E-state index in [1.54, 1.807) is 19.1 Å². The molecule has 0 bridgehead atoms. The molecule has 1 amide bonds. The van der Waals surface area contributed by atoms with Crippen molar-refractivity contribution in [2.24, 2.45) is 0 Å². The first-order valence-electron chi connectivity index (χ1n) is 6.32. The fourth-order valence-electron chi connectivity index (χ4n) is 2.13. The van der Waals surface area contributed by atoms with Crippen LogP contribution in [-0.4, -0.2) is 33.6 Å². The Labute approximate surface area is 122 Å². The summed E-state index contributed by atoms with van der Waals surface area (Å²) in [5, 5.41) is 2.83. The number of halogens is 1. The Morgan fingerprint density at radius 1 is 1.45 bits per heavy atom. The lowest BCUT2D eigenvalue weighted by Crippen LogP contribution is -2.40. The van der Waals surface area contributed by atoms with E-state index < -0.39 is 9.05 Å². The van der Waals surface area contributed by atoms with Crippen LogP contribution in [0.25, 0.3) is 0 Å². The summed E-state index contributed by atoms with van der Waals surface area (Å²) in [6.07, 6.45) is 1.76. The molecule has 0 saturated carbocycles. The lowest BCUT2D eigenvalue weighted by atomic mass is 10.1. The molecular weight excluding hydrogens is 302 g/mol. The lowest BCUT2D eigenvalue weighted by Gasteiger charge is -2.23. The number of amides is 1. The smallest absolute Gasteiger partial charge is 0.261 e. The molecule has 2 rings (SSSR count). The molecule has 5 nitrogen and oxygen atoms in total. The average Bonchev–Trinajstić information content (AvgIpc) is 2.39. The minimum Gasteiger partial charge on any atom is -0.379 e. The Kier molecular flexibility index (Phi) is 4.67. The molecule has 0 spiro atoms. The Hall–Kier alpha value is -1.11. The largest absolute Gasteiger partial charge is 0.379 e. The maximum absolute atomic E-state index is 12.1. The number of rotatable bonds is 3. The van der Waals surface area contributed by atoms with E-state index in [0.717, 1.165) is 12.8 Å². The molecular formula is C13H16ClNO4S. The predicted molar refractivity (Wildman–Crippen MR) is 75.5 cm³/mol. The molecule has 1 aliphatic heterocycles. The molecule has 1 aromatic rings. The zero-order valence-corrected chi connectivity index (χ0v) is 12.6. The van der Waals surface area contributed by atoms with Crippen LogP contribution in [0.2, 0.25) is 0 Å². The van der Waals surface area contributed by atoms with Crippen LogP contribution >= 0.6 is 10.7 Å². The van der Waals surface area contributed by atoms with E-state index >= 15 is 0 Å². The summed E-state index contributed by atoms with van der Waals surface area (Å²) in [6, 6.07) is 4.42. The van der Waals surface area contributed by atoms with Crippen molar-refractivity contribution in [1.82, 2.24) is 5.32 Å². The summed E-state index contributed by atoms with van der Waals surface area (Å²) < 4.78 is 28.1. The molecule has 1 atom stereocenters. The standard InChI is InChI=1S/C13H16ClNO4S/c1-9-4-5-10(7-12(9)20(14,17)18)13(16)15-11-3-2-6-19-8-11/h4-5,7,11H,2-3,6,8H2,1H3,(H,15,16). The van der Waals surface area contributed by atoms with Crippen molar-refractivity contribution >= 4 is 25.6 Å². The summed E-state index contributed by atoms with van der Waals surface area (Å²) >= 11 is 0.